The first kappa shape index (κ1) is 26.8. The van der Waals surface area contributed by atoms with Crippen LogP contribution in [-0.4, -0.2) is 23.1 Å². The Morgan fingerprint density at radius 1 is 0.927 bits per heavy atom. The van der Waals surface area contributed by atoms with Gasteiger partial charge in [0.25, 0.3) is 0 Å². The molecule has 1 aliphatic heterocycles. The Balaban J connectivity index is 1.16. The van der Waals surface area contributed by atoms with Gasteiger partial charge < -0.3 is 10.6 Å². The van der Waals surface area contributed by atoms with Crippen molar-refractivity contribution in [3.8, 4) is 6.07 Å². The lowest BCUT2D eigenvalue weighted by molar-refractivity contribution is -0.121. The number of nitriles is 1. The number of imide groups is 1. The zero-order valence-corrected chi connectivity index (χ0v) is 23.6. The minimum absolute atomic E-state index is 0.0513. The highest BCUT2D eigenvalue weighted by Gasteiger charge is 2.43. The van der Waals surface area contributed by atoms with E-state index in [1.807, 2.05) is 42.5 Å². The van der Waals surface area contributed by atoms with Gasteiger partial charge in [0, 0.05) is 27.6 Å². The van der Waals surface area contributed by atoms with Crippen LogP contribution in [0.15, 0.2) is 89.8 Å². The van der Waals surface area contributed by atoms with Gasteiger partial charge in [-0.25, -0.2) is 9.69 Å². The Kier molecular flexibility index (Phi) is 7.59. The van der Waals surface area contributed by atoms with E-state index in [1.54, 1.807) is 30.3 Å². The maximum atomic E-state index is 13.6. The van der Waals surface area contributed by atoms with E-state index in [0.717, 1.165) is 34.6 Å². The summed E-state index contributed by atoms with van der Waals surface area (Å²) in [4.78, 5) is 42.2. The van der Waals surface area contributed by atoms with Crippen LogP contribution in [0.3, 0.4) is 0 Å². The fourth-order valence-electron chi connectivity index (χ4n) is 5.39. The number of carbonyl (C=O) groups is 3. The number of urea groups is 1. The molecule has 1 aliphatic carbocycles. The van der Waals surface area contributed by atoms with Gasteiger partial charge in [0.15, 0.2) is 0 Å². The van der Waals surface area contributed by atoms with E-state index in [0.29, 0.717) is 27.9 Å². The lowest BCUT2D eigenvalue weighted by Gasteiger charge is -2.22. The van der Waals surface area contributed by atoms with E-state index in [2.05, 4.69) is 28.8 Å². The topological polar surface area (TPSA) is 102 Å². The highest BCUT2D eigenvalue weighted by atomic mass is 32.2. The SMILES string of the molecule is N#Cc1c(N2C(=O)C[C@@H](Sc3cccc(NC(=O)Nc4ccccc4)c3)C2=O)sc2c1CC[C@@H](c1ccccc1)C2. The average molecular weight is 579 g/mol. The molecule has 4 amide bonds. The predicted molar refractivity (Wildman–Crippen MR) is 163 cm³/mol. The molecule has 2 N–H and O–H groups in total. The number of fused-ring (bicyclic) bond motifs is 1. The van der Waals surface area contributed by atoms with Crippen molar-refractivity contribution in [2.75, 3.05) is 15.5 Å². The van der Waals surface area contributed by atoms with E-state index in [-0.39, 0.29) is 24.3 Å². The molecule has 7 nitrogen and oxygen atoms in total. The normalized spacial score (nSPS) is 18.1. The number of para-hydroxylation sites is 1. The van der Waals surface area contributed by atoms with Crippen molar-refractivity contribution in [3.05, 3.63) is 106 Å². The van der Waals surface area contributed by atoms with Gasteiger partial charge in [-0.05, 0) is 66.6 Å². The summed E-state index contributed by atoms with van der Waals surface area (Å²) in [5.41, 5.74) is 3.95. The summed E-state index contributed by atoms with van der Waals surface area (Å²) < 4.78 is 0. The van der Waals surface area contributed by atoms with Gasteiger partial charge in [-0.3, -0.25) is 9.59 Å². The maximum Gasteiger partial charge on any atom is 0.323 e. The van der Waals surface area contributed by atoms with Crippen LogP contribution in [0, 0.1) is 11.3 Å². The monoisotopic (exact) mass is 578 g/mol. The summed E-state index contributed by atoms with van der Waals surface area (Å²) in [6.45, 7) is 0. The minimum atomic E-state index is -0.612. The van der Waals surface area contributed by atoms with E-state index in [9.17, 15) is 19.6 Å². The minimum Gasteiger partial charge on any atom is -0.308 e. The van der Waals surface area contributed by atoms with Gasteiger partial charge in [-0.2, -0.15) is 5.26 Å². The highest BCUT2D eigenvalue weighted by Crippen LogP contribution is 2.46. The number of nitrogens with zero attached hydrogens (tertiary/aromatic N) is 2. The van der Waals surface area contributed by atoms with Crippen molar-refractivity contribution in [2.24, 2.45) is 0 Å². The lowest BCUT2D eigenvalue weighted by Crippen LogP contribution is -2.31. The molecule has 1 fully saturated rings. The van der Waals surface area contributed by atoms with Crippen LogP contribution in [-0.2, 0) is 22.4 Å². The standard InChI is InChI=1S/C32H26N4O3S2/c33-19-26-25-15-14-21(20-8-3-1-4-9-20)16-27(25)41-31(26)36-29(37)18-28(30(36)38)40-24-13-7-12-23(17-24)35-32(39)34-22-10-5-2-6-11-22/h1-13,17,21,28H,14-16,18H2,(H2,34,35,39)/t21-,28-/m1/s1. The number of amides is 4. The third kappa shape index (κ3) is 5.62. The van der Waals surface area contributed by atoms with Crippen LogP contribution in [0.25, 0.3) is 0 Å². The van der Waals surface area contributed by atoms with E-state index < -0.39 is 5.25 Å². The largest absolute Gasteiger partial charge is 0.323 e. The van der Waals surface area contributed by atoms with Crippen molar-refractivity contribution < 1.29 is 14.4 Å². The smallest absolute Gasteiger partial charge is 0.308 e. The second-order valence-electron chi connectivity index (χ2n) is 10.00. The lowest BCUT2D eigenvalue weighted by atomic mass is 9.83. The van der Waals surface area contributed by atoms with Gasteiger partial charge in [0.2, 0.25) is 11.8 Å². The van der Waals surface area contributed by atoms with Gasteiger partial charge in [-0.1, -0.05) is 54.6 Å². The number of hydrogen-bond acceptors (Lipinski definition) is 6. The summed E-state index contributed by atoms with van der Waals surface area (Å²) in [5, 5.41) is 15.5. The molecular formula is C32H26N4O3S2. The summed E-state index contributed by atoms with van der Waals surface area (Å²) in [6, 6.07) is 28.6. The van der Waals surface area contributed by atoms with Gasteiger partial charge in [0.1, 0.15) is 11.1 Å². The van der Waals surface area contributed by atoms with Gasteiger partial charge in [-0.15, -0.1) is 23.1 Å². The zero-order valence-electron chi connectivity index (χ0n) is 22.0. The molecule has 0 spiro atoms. The van der Waals surface area contributed by atoms with Crippen LogP contribution in [0.5, 0.6) is 0 Å². The Hall–Kier alpha value is -4.39. The molecule has 1 saturated heterocycles. The molecule has 2 aliphatic rings. The predicted octanol–water partition coefficient (Wildman–Crippen LogP) is 6.96. The first-order valence-electron chi connectivity index (χ1n) is 13.4. The van der Waals surface area contributed by atoms with Crippen molar-refractivity contribution >= 4 is 57.3 Å². The molecule has 0 bridgehead atoms. The molecule has 0 saturated carbocycles. The van der Waals surface area contributed by atoms with Crippen LogP contribution < -0.4 is 15.5 Å². The third-order valence-corrected chi connectivity index (χ3v) is 9.76. The second kappa shape index (κ2) is 11.6. The molecule has 2 atom stereocenters. The Morgan fingerprint density at radius 2 is 1.63 bits per heavy atom. The van der Waals surface area contributed by atoms with Crippen molar-refractivity contribution in [2.45, 2.75) is 41.7 Å². The molecule has 3 aromatic carbocycles. The van der Waals surface area contributed by atoms with Crippen molar-refractivity contribution in [3.63, 3.8) is 0 Å². The summed E-state index contributed by atoms with van der Waals surface area (Å²) in [7, 11) is 0. The summed E-state index contributed by atoms with van der Waals surface area (Å²) in [5.74, 6) is -0.251. The van der Waals surface area contributed by atoms with Crippen LogP contribution in [0.2, 0.25) is 0 Å². The molecule has 4 aromatic rings. The van der Waals surface area contributed by atoms with Gasteiger partial charge >= 0.3 is 6.03 Å². The zero-order chi connectivity index (χ0) is 28.3. The van der Waals surface area contributed by atoms with E-state index in [1.165, 1.54) is 33.6 Å². The second-order valence-corrected chi connectivity index (χ2v) is 12.4. The molecule has 204 valence electrons. The number of hydrogen-bond donors (Lipinski definition) is 2. The molecule has 6 rings (SSSR count). The number of nitrogens with one attached hydrogen (secondary N) is 2. The molecule has 0 radical (unpaired) electrons. The third-order valence-electron chi connectivity index (χ3n) is 7.34. The van der Waals surface area contributed by atoms with Crippen LogP contribution >= 0.6 is 23.1 Å². The van der Waals surface area contributed by atoms with Crippen LogP contribution in [0.1, 0.15) is 40.3 Å². The molecule has 41 heavy (non-hydrogen) atoms. The number of rotatable bonds is 6. The van der Waals surface area contributed by atoms with E-state index in [4.69, 9.17) is 0 Å². The molecule has 1 aromatic heterocycles. The Bertz CT molecular complexity index is 1660. The fraction of sp³-hybridized carbons (Fsp3) is 0.188. The van der Waals surface area contributed by atoms with Crippen molar-refractivity contribution in [1.82, 2.24) is 0 Å². The number of anilines is 3. The maximum absolute atomic E-state index is 13.6. The van der Waals surface area contributed by atoms with Crippen molar-refractivity contribution in [1.29, 1.82) is 5.26 Å². The Labute approximate surface area is 246 Å². The number of thiophene rings is 1. The summed E-state index contributed by atoms with van der Waals surface area (Å²) >= 11 is 2.70. The fourth-order valence-corrected chi connectivity index (χ4v) is 7.90. The molecule has 0 unspecified atom stereocenters. The van der Waals surface area contributed by atoms with E-state index >= 15 is 0 Å². The average Bonchev–Trinajstić information content (AvgIpc) is 3.48. The quantitative estimate of drug-likeness (QED) is 0.241. The first-order valence-corrected chi connectivity index (χ1v) is 15.1. The van der Waals surface area contributed by atoms with Crippen LogP contribution in [0.4, 0.5) is 21.2 Å². The molecule has 9 heteroatoms. The Morgan fingerprint density at radius 3 is 2.39 bits per heavy atom. The summed E-state index contributed by atoms with van der Waals surface area (Å²) in [6.07, 6.45) is 2.52. The number of thioether (sulfide) groups is 1. The highest BCUT2D eigenvalue weighted by molar-refractivity contribution is 8.00. The number of benzene rings is 3. The first-order chi connectivity index (χ1) is 20.0. The molecule has 2 heterocycles. The molecular weight excluding hydrogens is 553 g/mol. The van der Waals surface area contributed by atoms with Gasteiger partial charge in [0.05, 0.1) is 10.8 Å². The number of carbonyl (C=O) groups excluding carboxylic acids is 3.